The Hall–Kier alpha value is -4.97. The van der Waals surface area contributed by atoms with Gasteiger partial charge < -0.3 is 0 Å². The van der Waals surface area contributed by atoms with Crippen LogP contribution in [-0.4, -0.2) is 23.8 Å². The Morgan fingerprint density at radius 3 is 1.51 bits per heavy atom. The van der Waals surface area contributed by atoms with E-state index in [0.717, 1.165) is 44.4 Å². The van der Waals surface area contributed by atoms with Crippen molar-refractivity contribution in [1.82, 2.24) is 23.8 Å². The Balaban J connectivity index is 1.79. The summed E-state index contributed by atoms with van der Waals surface area (Å²) in [5, 5.41) is 7.90. The number of hydrogen-bond donors (Lipinski definition) is 0. The Bertz CT molecular complexity index is 2120. The van der Waals surface area contributed by atoms with Crippen molar-refractivity contribution in [1.29, 1.82) is 0 Å². The first-order valence-corrected chi connectivity index (χ1v) is 16.9. The molecule has 0 spiro atoms. The SMILES string of the molecule is CC(C)c1cccc(C(C)C)c1-n1/c(=N\n2c3ccccc3c3cccnc32)n(-c2c(C(C)C)cccc2C(C)C)c2ncccc21. The molecule has 6 heteroatoms. The van der Waals surface area contributed by atoms with Crippen molar-refractivity contribution >= 4 is 33.1 Å². The molecule has 47 heavy (non-hydrogen) atoms. The van der Waals surface area contributed by atoms with Crippen molar-refractivity contribution in [3.63, 3.8) is 0 Å². The first-order chi connectivity index (χ1) is 22.7. The number of pyridine rings is 2. The van der Waals surface area contributed by atoms with Gasteiger partial charge in [0, 0.05) is 23.2 Å². The first kappa shape index (κ1) is 30.7. The molecule has 0 aliphatic carbocycles. The Kier molecular flexibility index (Phi) is 7.83. The van der Waals surface area contributed by atoms with Crippen molar-refractivity contribution in [3.8, 4) is 11.4 Å². The van der Waals surface area contributed by atoms with Crippen LogP contribution in [-0.2, 0) is 0 Å². The molecule has 0 fully saturated rings. The van der Waals surface area contributed by atoms with Gasteiger partial charge in [0.1, 0.15) is 0 Å². The number of para-hydroxylation sites is 3. The van der Waals surface area contributed by atoms with Crippen molar-refractivity contribution in [2.75, 3.05) is 0 Å². The Morgan fingerprint density at radius 1 is 0.468 bits per heavy atom. The molecule has 0 N–H and O–H groups in total. The van der Waals surface area contributed by atoms with Gasteiger partial charge in [-0.15, -0.1) is 5.10 Å². The largest absolute Gasteiger partial charge is 0.275 e. The zero-order valence-corrected chi connectivity index (χ0v) is 28.7. The Labute approximate surface area is 277 Å². The lowest BCUT2D eigenvalue weighted by molar-refractivity contribution is 0.735. The highest BCUT2D eigenvalue weighted by molar-refractivity contribution is 6.06. The summed E-state index contributed by atoms with van der Waals surface area (Å²) in [7, 11) is 0. The molecule has 3 aromatic carbocycles. The average Bonchev–Trinajstić information content (AvgIpc) is 3.56. The smallest absolute Gasteiger partial charge is 0.239 e. The van der Waals surface area contributed by atoms with Gasteiger partial charge in [0.2, 0.25) is 5.62 Å². The highest BCUT2D eigenvalue weighted by Crippen LogP contribution is 2.36. The van der Waals surface area contributed by atoms with E-state index in [9.17, 15) is 0 Å². The van der Waals surface area contributed by atoms with Crippen LogP contribution in [0.3, 0.4) is 0 Å². The molecule has 0 amide bonds. The summed E-state index contributed by atoms with van der Waals surface area (Å²) >= 11 is 0. The highest BCUT2D eigenvalue weighted by atomic mass is 15.4. The second-order valence-corrected chi connectivity index (χ2v) is 13.8. The molecule has 0 atom stereocenters. The van der Waals surface area contributed by atoms with E-state index in [1.165, 1.54) is 27.9 Å². The van der Waals surface area contributed by atoms with Crippen molar-refractivity contribution in [2.24, 2.45) is 5.10 Å². The van der Waals surface area contributed by atoms with Gasteiger partial charge in [0.05, 0.1) is 22.4 Å². The molecule has 7 aromatic rings. The van der Waals surface area contributed by atoms with Gasteiger partial charge in [0.15, 0.2) is 11.3 Å². The number of imidazole rings is 1. The fraction of sp³-hybridized carbons (Fsp3) is 0.293. The second-order valence-electron chi connectivity index (χ2n) is 13.8. The van der Waals surface area contributed by atoms with Gasteiger partial charge in [-0.1, -0.05) is 110 Å². The van der Waals surface area contributed by atoms with Gasteiger partial charge in [-0.3, -0.25) is 9.13 Å². The van der Waals surface area contributed by atoms with Gasteiger partial charge in [0.25, 0.3) is 0 Å². The molecule has 0 saturated carbocycles. The summed E-state index contributed by atoms with van der Waals surface area (Å²) in [6.45, 7) is 18.2. The minimum Gasteiger partial charge on any atom is -0.275 e. The zero-order chi connectivity index (χ0) is 33.0. The van der Waals surface area contributed by atoms with Crippen LogP contribution in [0.2, 0.25) is 0 Å². The van der Waals surface area contributed by atoms with Crippen LogP contribution in [0, 0.1) is 0 Å². The minimum atomic E-state index is 0.287. The fourth-order valence-corrected chi connectivity index (χ4v) is 7.06. The summed E-state index contributed by atoms with van der Waals surface area (Å²) in [4.78, 5) is 10.0. The Morgan fingerprint density at radius 2 is 0.936 bits per heavy atom. The maximum Gasteiger partial charge on any atom is 0.239 e. The molecular formula is C41H44N6. The van der Waals surface area contributed by atoms with E-state index in [1.54, 1.807) is 0 Å². The predicted molar refractivity (Wildman–Crippen MR) is 195 cm³/mol. The number of benzene rings is 3. The van der Waals surface area contributed by atoms with Crippen molar-refractivity contribution in [3.05, 3.63) is 125 Å². The summed E-state index contributed by atoms with van der Waals surface area (Å²) in [6.07, 6.45) is 3.76. The first-order valence-electron chi connectivity index (χ1n) is 16.9. The molecule has 0 aliphatic heterocycles. The summed E-state index contributed by atoms with van der Waals surface area (Å²) in [6, 6.07) is 30.3. The maximum absolute atomic E-state index is 5.69. The summed E-state index contributed by atoms with van der Waals surface area (Å²) in [5.41, 5.74) is 11.9. The van der Waals surface area contributed by atoms with Crippen LogP contribution in [0.15, 0.2) is 102 Å². The summed E-state index contributed by atoms with van der Waals surface area (Å²) in [5.74, 6) is 1.16. The molecule has 0 radical (unpaired) electrons. The van der Waals surface area contributed by atoms with E-state index in [-0.39, 0.29) is 11.8 Å². The van der Waals surface area contributed by atoms with Crippen molar-refractivity contribution < 1.29 is 0 Å². The zero-order valence-electron chi connectivity index (χ0n) is 28.7. The van der Waals surface area contributed by atoms with Gasteiger partial charge in [-0.05, 0) is 76.3 Å². The number of rotatable bonds is 7. The standard InChI is InChI=1S/C41H44N6/c1-25(2)29-16-11-17-30(26(3)4)37(29)45-36-22-14-24-43-40(36)46(38-31(27(5)6)18-12-19-32(38)28(7)8)41(45)44-47-35-21-10-9-15-33(35)34-20-13-23-42-39(34)47/h9-28H,1-8H3/b44-41+. The molecule has 7 rings (SSSR count). The molecule has 0 unspecified atom stereocenters. The van der Waals surface area contributed by atoms with Gasteiger partial charge >= 0.3 is 0 Å². The third-order valence-electron chi connectivity index (χ3n) is 9.35. The topological polar surface area (TPSA) is 52.9 Å². The van der Waals surface area contributed by atoms with E-state index < -0.39 is 0 Å². The lowest BCUT2D eigenvalue weighted by atomic mass is 9.92. The lowest BCUT2D eigenvalue weighted by Crippen LogP contribution is -2.29. The molecule has 6 nitrogen and oxygen atoms in total. The van der Waals surface area contributed by atoms with Crippen LogP contribution < -0.4 is 5.62 Å². The van der Waals surface area contributed by atoms with Gasteiger partial charge in [-0.25, -0.2) is 14.6 Å². The molecule has 4 aromatic heterocycles. The predicted octanol–water partition coefficient (Wildman–Crippen LogP) is 10.2. The van der Waals surface area contributed by atoms with E-state index >= 15 is 0 Å². The third kappa shape index (κ3) is 4.98. The lowest BCUT2D eigenvalue weighted by Gasteiger charge is -2.22. The van der Waals surface area contributed by atoms with Crippen LogP contribution in [0.1, 0.15) is 101 Å². The van der Waals surface area contributed by atoms with Gasteiger partial charge in [-0.2, -0.15) is 0 Å². The fourth-order valence-electron chi connectivity index (χ4n) is 7.06. The van der Waals surface area contributed by atoms with Crippen LogP contribution >= 0.6 is 0 Å². The molecule has 0 bridgehead atoms. The number of hydrogen-bond acceptors (Lipinski definition) is 3. The molecule has 4 heterocycles. The molecule has 0 aliphatic rings. The second kappa shape index (κ2) is 12.0. The van der Waals surface area contributed by atoms with Crippen LogP contribution in [0.4, 0.5) is 0 Å². The minimum absolute atomic E-state index is 0.287. The molecular weight excluding hydrogens is 576 g/mol. The number of aromatic nitrogens is 5. The number of nitrogens with zero attached hydrogens (tertiary/aromatic N) is 6. The van der Waals surface area contributed by atoms with E-state index in [4.69, 9.17) is 15.1 Å². The third-order valence-corrected chi connectivity index (χ3v) is 9.35. The van der Waals surface area contributed by atoms with E-state index in [0.29, 0.717) is 11.8 Å². The highest BCUT2D eigenvalue weighted by Gasteiger charge is 2.26. The summed E-state index contributed by atoms with van der Waals surface area (Å²) < 4.78 is 6.73. The quantitative estimate of drug-likeness (QED) is 0.178. The monoisotopic (exact) mass is 620 g/mol. The average molecular weight is 621 g/mol. The van der Waals surface area contributed by atoms with Crippen LogP contribution in [0.25, 0.3) is 44.5 Å². The molecule has 0 saturated heterocycles. The van der Waals surface area contributed by atoms with E-state index in [2.05, 4.69) is 137 Å². The number of fused-ring (bicyclic) bond motifs is 4. The van der Waals surface area contributed by atoms with Crippen LogP contribution in [0.5, 0.6) is 0 Å². The van der Waals surface area contributed by atoms with Crippen molar-refractivity contribution in [2.45, 2.75) is 79.1 Å². The van der Waals surface area contributed by atoms with E-state index in [1.807, 2.05) is 29.2 Å². The molecule has 238 valence electrons. The normalized spacial score (nSPS) is 12.7. The maximum atomic E-state index is 5.69.